The van der Waals surface area contributed by atoms with Gasteiger partial charge in [-0.2, -0.15) is 15.0 Å². The molecule has 0 fully saturated rings. The van der Waals surface area contributed by atoms with E-state index in [-0.39, 0.29) is 6.01 Å². The van der Waals surface area contributed by atoms with Gasteiger partial charge in [-0.3, -0.25) is 0 Å². The zero-order chi connectivity index (χ0) is 11.4. The lowest BCUT2D eigenvalue weighted by atomic mass is 10.4. The predicted molar refractivity (Wildman–Crippen MR) is 51.3 cm³/mol. The number of urea groups is 1. The highest BCUT2D eigenvalue weighted by molar-refractivity contribution is 5.70. The minimum Gasteiger partial charge on any atom is -0.481 e. The summed E-state index contributed by atoms with van der Waals surface area (Å²) in [5.41, 5.74) is 5.63. The van der Waals surface area contributed by atoms with E-state index in [4.69, 9.17) is 15.3 Å². The van der Waals surface area contributed by atoms with E-state index in [0.29, 0.717) is 11.6 Å². The molecule has 1 rings (SSSR count). The average Bonchev–Trinajstić information content (AvgIpc) is 2.16. The molecular weight excluding hydrogens is 200 g/mol. The molecule has 0 unspecified atom stereocenters. The highest BCUT2D eigenvalue weighted by atomic mass is 16.7. The molecule has 7 heteroatoms. The molecule has 0 aliphatic carbocycles. The van der Waals surface area contributed by atoms with Crippen LogP contribution in [0.3, 0.4) is 0 Å². The number of amides is 2. The molecule has 0 bridgehead atoms. The molecule has 0 aliphatic rings. The molecule has 2 amide bonds. The Labute approximate surface area is 86.8 Å². The number of hydrogen-bond acceptors (Lipinski definition) is 5. The maximum atomic E-state index is 10.7. The van der Waals surface area contributed by atoms with Crippen LogP contribution in [0.1, 0.15) is 5.69 Å². The molecule has 15 heavy (non-hydrogen) atoms. The highest BCUT2D eigenvalue weighted by Gasteiger charge is 2.09. The number of carbonyl (C=O) groups is 1. The van der Waals surface area contributed by atoms with Crippen LogP contribution < -0.4 is 15.3 Å². The van der Waals surface area contributed by atoms with Crippen molar-refractivity contribution in [3.05, 3.63) is 11.8 Å². The van der Waals surface area contributed by atoms with Gasteiger partial charge in [-0.15, -0.1) is 0 Å². The summed E-state index contributed by atoms with van der Waals surface area (Å²) in [5.74, 6) is 0.357. The number of primary amides is 1. The fourth-order valence-electron chi connectivity index (χ4n) is 0.826. The van der Waals surface area contributed by atoms with Gasteiger partial charge >= 0.3 is 12.0 Å². The Hall–Kier alpha value is -2.05. The maximum Gasteiger partial charge on any atom is 0.347 e. The topological polar surface area (TPSA) is 90.6 Å². The zero-order valence-electron chi connectivity index (χ0n) is 8.72. The molecule has 0 atom stereocenters. The first-order valence-corrected chi connectivity index (χ1v) is 4.13. The van der Waals surface area contributed by atoms with Crippen molar-refractivity contribution in [3.8, 4) is 11.9 Å². The smallest absolute Gasteiger partial charge is 0.347 e. The Morgan fingerprint density at radius 3 is 2.73 bits per heavy atom. The third-order valence-corrected chi connectivity index (χ3v) is 1.55. The fraction of sp³-hybridized carbons (Fsp3) is 0.375. The van der Waals surface area contributed by atoms with Crippen LogP contribution in [0.25, 0.3) is 0 Å². The lowest BCUT2D eigenvalue weighted by molar-refractivity contribution is 0.00578. The van der Waals surface area contributed by atoms with Gasteiger partial charge in [0.05, 0.1) is 14.2 Å². The molecule has 7 nitrogen and oxygen atoms in total. The van der Waals surface area contributed by atoms with E-state index in [9.17, 15) is 4.79 Å². The van der Waals surface area contributed by atoms with Crippen LogP contribution in [-0.2, 0) is 0 Å². The van der Waals surface area contributed by atoms with Gasteiger partial charge < -0.3 is 15.3 Å². The van der Waals surface area contributed by atoms with E-state index >= 15 is 0 Å². The minimum atomic E-state index is -0.737. The number of hydroxylamine groups is 2. The third-order valence-electron chi connectivity index (χ3n) is 1.55. The monoisotopic (exact) mass is 212 g/mol. The van der Waals surface area contributed by atoms with Gasteiger partial charge in [-0.1, -0.05) is 0 Å². The molecular formula is C8H12N4O3. The number of aryl methyl sites for hydroxylation is 1. The highest BCUT2D eigenvalue weighted by Crippen LogP contribution is 2.13. The first-order chi connectivity index (χ1) is 7.02. The van der Waals surface area contributed by atoms with Gasteiger partial charge in [-0.05, 0) is 6.92 Å². The van der Waals surface area contributed by atoms with Gasteiger partial charge in [0, 0.05) is 11.8 Å². The lowest BCUT2D eigenvalue weighted by Crippen LogP contribution is -2.35. The third kappa shape index (κ3) is 2.97. The second kappa shape index (κ2) is 4.45. The molecule has 1 aromatic rings. The molecule has 1 heterocycles. The van der Waals surface area contributed by atoms with Crippen molar-refractivity contribution in [2.75, 3.05) is 14.2 Å². The summed E-state index contributed by atoms with van der Waals surface area (Å²) in [7, 11) is 2.84. The summed E-state index contributed by atoms with van der Waals surface area (Å²) >= 11 is 0. The maximum absolute atomic E-state index is 10.7. The Balaban J connectivity index is 2.85. The summed E-state index contributed by atoms with van der Waals surface area (Å²) in [4.78, 5) is 23.4. The van der Waals surface area contributed by atoms with Crippen LogP contribution in [0.15, 0.2) is 6.07 Å². The van der Waals surface area contributed by atoms with Crippen LogP contribution >= 0.6 is 0 Å². The Bertz CT molecular complexity index is 369. The molecule has 0 radical (unpaired) electrons. The number of nitrogens with two attached hydrogens (primary N) is 1. The van der Waals surface area contributed by atoms with E-state index in [1.165, 1.54) is 14.2 Å². The van der Waals surface area contributed by atoms with Crippen molar-refractivity contribution < 1.29 is 14.4 Å². The zero-order valence-corrected chi connectivity index (χ0v) is 8.72. The summed E-state index contributed by atoms with van der Waals surface area (Å²) in [6.07, 6.45) is 0. The van der Waals surface area contributed by atoms with E-state index in [1.807, 2.05) is 0 Å². The van der Waals surface area contributed by atoms with Crippen LogP contribution in [-0.4, -0.2) is 35.2 Å². The van der Waals surface area contributed by atoms with Crippen molar-refractivity contribution in [2.24, 2.45) is 5.73 Å². The van der Waals surface area contributed by atoms with Crippen molar-refractivity contribution in [3.63, 3.8) is 0 Å². The van der Waals surface area contributed by atoms with Crippen LogP contribution in [0, 0.1) is 6.92 Å². The predicted octanol–water partition coefficient (Wildman–Crippen LogP) is 0.0979. The molecule has 0 aliphatic heterocycles. The largest absolute Gasteiger partial charge is 0.481 e. The van der Waals surface area contributed by atoms with Crippen molar-refractivity contribution >= 4 is 6.03 Å². The van der Waals surface area contributed by atoms with Gasteiger partial charge in [0.2, 0.25) is 5.88 Å². The summed E-state index contributed by atoms with van der Waals surface area (Å²) < 4.78 is 4.91. The number of hydrogen-bond donors (Lipinski definition) is 1. The quantitative estimate of drug-likeness (QED) is 0.717. The Morgan fingerprint density at radius 2 is 2.20 bits per heavy atom. The van der Waals surface area contributed by atoms with Gasteiger partial charge in [0.25, 0.3) is 0 Å². The normalized spacial score (nSPS) is 9.53. The molecule has 0 saturated heterocycles. The second-order valence-electron chi connectivity index (χ2n) is 2.76. The standard InChI is InChI=1S/C8H12N4O3/c1-5-4-6(14-3)11-8(10-5)15-12(2)7(9)13/h4H,1-3H3,(H2,9,13). The number of ether oxygens (including phenoxy) is 1. The van der Waals surface area contributed by atoms with E-state index < -0.39 is 6.03 Å². The molecule has 0 saturated carbocycles. The van der Waals surface area contributed by atoms with E-state index in [0.717, 1.165) is 5.06 Å². The van der Waals surface area contributed by atoms with Crippen LogP contribution in [0.2, 0.25) is 0 Å². The van der Waals surface area contributed by atoms with Crippen molar-refractivity contribution in [2.45, 2.75) is 6.92 Å². The molecule has 0 spiro atoms. The Morgan fingerprint density at radius 1 is 1.53 bits per heavy atom. The first kappa shape index (κ1) is 11.0. The second-order valence-corrected chi connectivity index (χ2v) is 2.76. The molecule has 1 aromatic heterocycles. The van der Waals surface area contributed by atoms with Crippen molar-refractivity contribution in [1.82, 2.24) is 15.0 Å². The lowest BCUT2D eigenvalue weighted by Gasteiger charge is -2.13. The molecule has 2 N–H and O–H groups in total. The number of carbonyl (C=O) groups excluding carboxylic acids is 1. The summed E-state index contributed by atoms with van der Waals surface area (Å²) in [6.45, 7) is 1.75. The van der Waals surface area contributed by atoms with Crippen LogP contribution in [0.4, 0.5) is 4.79 Å². The van der Waals surface area contributed by atoms with Crippen LogP contribution in [0.5, 0.6) is 11.9 Å². The molecule has 0 aromatic carbocycles. The first-order valence-electron chi connectivity index (χ1n) is 4.13. The van der Waals surface area contributed by atoms with Gasteiger partial charge in [0.15, 0.2) is 0 Å². The summed E-state index contributed by atoms with van der Waals surface area (Å²) in [6, 6.07) is 0.907. The van der Waals surface area contributed by atoms with Gasteiger partial charge in [-0.25, -0.2) is 4.79 Å². The molecule has 82 valence electrons. The van der Waals surface area contributed by atoms with Crippen molar-refractivity contribution in [1.29, 1.82) is 0 Å². The van der Waals surface area contributed by atoms with Gasteiger partial charge in [0.1, 0.15) is 0 Å². The van der Waals surface area contributed by atoms with E-state index in [2.05, 4.69) is 9.97 Å². The number of methoxy groups -OCH3 is 1. The Kier molecular flexibility index (Phi) is 3.27. The average molecular weight is 212 g/mol. The minimum absolute atomic E-state index is 0.00755. The fourth-order valence-corrected chi connectivity index (χ4v) is 0.826. The SMILES string of the molecule is COc1cc(C)nc(ON(C)C(N)=O)n1. The number of rotatable bonds is 3. The van der Waals surface area contributed by atoms with E-state index in [1.54, 1.807) is 13.0 Å². The summed E-state index contributed by atoms with van der Waals surface area (Å²) in [5, 5.41) is 0.828. The number of aromatic nitrogens is 2. The number of nitrogens with zero attached hydrogens (tertiary/aromatic N) is 3.